The average molecular weight is 453 g/mol. The number of para-hydroxylation sites is 1. The second-order valence-electron chi connectivity index (χ2n) is 7.15. The summed E-state index contributed by atoms with van der Waals surface area (Å²) in [6, 6.07) is 17.2. The Labute approximate surface area is 191 Å². The number of hydrogen-bond donors (Lipinski definition) is 2. The van der Waals surface area contributed by atoms with Gasteiger partial charge in [0.25, 0.3) is 0 Å². The van der Waals surface area contributed by atoms with E-state index in [2.05, 4.69) is 10.6 Å². The highest BCUT2D eigenvalue weighted by Crippen LogP contribution is 2.38. The molecule has 0 saturated heterocycles. The van der Waals surface area contributed by atoms with Crippen LogP contribution in [0.4, 0.5) is 10.7 Å². The molecule has 160 valence electrons. The van der Waals surface area contributed by atoms with Crippen LogP contribution in [-0.4, -0.2) is 17.7 Å². The number of carbonyl (C=O) groups excluding carboxylic acids is 1. The fourth-order valence-electron chi connectivity index (χ4n) is 3.57. The number of esters is 1. The first kappa shape index (κ1) is 21.3. The van der Waals surface area contributed by atoms with Gasteiger partial charge in [-0.1, -0.05) is 18.2 Å². The largest absolute Gasteiger partial charge is 0.462 e. The highest BCUT2D eigenvalue weighted by atomic mass is 32.1. The Bertz CT molecular complexity index is 1060. The standard InChI is InChI=1S/C24H24N2O3S2/c1-2-28-23(27)21-19-10-6-7-11-20(19)31-22(21)26-24(30)25-16-12-14-18(15-13-16)29-17-8-4-3-5-9-17/h3-5,8-9,12-15H,2,6-7,10-11H2,1H3,(H2,25,26,30). The SMILES string of the molecule is CCOC(=O)c1c(NC(=S)Nc2ccc(Oc3ccccc3)cc2)sc2c1CCCC2. The van der Waals surface area contributed by atoms with Crippen molar-refractivity contribution in [2.45, 2.75) is 32.6 Å². The number of thiocarbonyl (C=S) groups is 1. The number of carbonyl (C=O) groups is 1. The van der Waals surface area contributed by atoms with Crippen LogP contribution in [-0.2, 0) is 17.6 Å². The summed E-state index contributed by atoms with van der Waals surface area (Å²) >= 11 is 7.11. The van der Waals surface area contributed by atoms with Crippen molar-refractivity contribution in [2.75, 3.05) is 17.2 Å². The smallest absolute Gasteiger partial charge is 0.341 e. The Morgan fingerprint density at radius 1 is 1.00 bits per heavy atom. The normalized spacial score (nSPS) is 12.5. The lowest BCUT2D eigenvalue weighted by Gasteiger charge is -2.13. The molecule has 2 N–H and O–H groups in total. The Balaban J connectivity index is 1.44. The first-order valence-corrected chi connectivity index (χ1v) is 11.6. The van der Waals surface area contributed by atoms with Crippen LogP contribution in [0.15, 0.2) is 54.6 Å². The molecule has 1 aliphatic rings. The predicted molar refractivity (Wildman–Crippen MR) is 130 cm³/mol. The fraction of sp³-hybridized carbons (Fsp3) is 0.250. The number of anilines is 2. The van der Waals surface area contributed by atoms with E-state index in [1.807, 2.05) is 61.5 Å². The maximum atomic E-state index is 12.6. The Morgan fingerprint density at radius 3 is 2.45 bits per heavy atom. The number of thiophene rings is 1. The van der Waals surface area contributed by atoms with Crippen LogP contribution >= 0.6 is 23.6 Å². The number of hydrogen-bond acceptors (Lipinski definition) is 5. The Kier molecular flexibility index (Phi) is 6.84. The van der Waals surface area contributed by atoms with Gasteiger partial charge in [-0.05, 0) is 86.8 Å². The first-order chi connectivity index (χ1) is 15.1. The van der Waals surface area contributed by atoms with Crippen molar-refractivity contribution < 1.29 is 14.3 Å². The van der Waals surface area contributed by atoms with E-state index < -0.39 is 0 Å². The van der Waals surface area contributed by atoms with Crippen LogP contribution in [0.1, 0.15) is 40.6 Å². The van der Waals surface area contributed by atoms with Crippen molar-refractivity contribution in [3.8, 4) is 11.5 Å². The topological polar surface area (TPSA) is 59.6 Å². The van der Waals surface area contributed by atoms with E-state index in [4.69, 9.17) is 21.7 Å². The van der Waals surface area contributed by atoms with Crippen molar-refractivity contribution in [2.24, 2.45) is 0 Å². The van der Waals surface area contributed by atoms with Crippen LogP contribution in [0.25, 0.3) is 0 Å². The zero-order chi connectivity index (χ0) is 21.6. The third-order valence-corrected chi connectivity index (χ3v) is 6.38. The molecular weight excluding hydrogens is 428 g/mol. The van der Waals surface area contributed by atoms with Crippen LogP contribution in [0.2, 0.25) is 0 Å². The van der Waals surface area contributed by atoms with Gasteiger partial charge in [-0.25, -0.2) is 4.79 Å². The molecule has 0 radical (unpaired) electrons. The molecule has 0 atom stereocenters. The van der Waals surface area contributed by atoms with Gasteiger partial charge < -0.3 is 20.1 Å². The van der Waals surface area contributed by atoms with Gasteiger partial charge in [0.15, 0.2) is 5.11 Å². The summed E-state index contributed by atoms with van der Waals surface area (Å²) in [6.45, 7) is 2.17. The molecule has 4 rings (SSSR count). The zero-order valence-electron chi connectivity index (χ0n) is 17.3. The molecule has 0 fully saturated rings. The van der Waals surface area contributed by atoms with Gasteiger partial charge in [0.05, 0.1) is 12.2 Å². The summed E-state index contributed by atoms with van der Waals surface area (Å²) in [5, 5.41) is 7.58. The lowest BCUT2D eigenvalue weighted by molar-refractivity contribution is 0.0526. The molecule has 0 bridgehead atoms. The number of benzene rings is 2. The molecule has 5 nitrogen and oxygen atoms in total. The second kappa shape index (κ2) is 9.94. The fourth-order valence-corrected chi connectivity index (χ4v) is 5.14. The van der Waals surface area contributed by atoms with Crippen LogP contribution in [0, 0.1) is 0 Å². The predicted octanol–water partition coefficient (Wildman–Crippen LogP) is 6.40. The summed E-state index contributed by atoms with van der Waals surface area (Å²) in [6.07, 6.45) is 4.15. The molecule has 0 saturated carbocycles. The van der Waals surface area contributed by atoms with Gasteiger partial charge in [0.1, 0.15) is 16.5 Å². The summed E-state index contributed by atoms with van der Waals surface area (Å²) in [5.74, 6) is 1.24. The molecule has 0 spiro atoms. The maximum absolute atomic E-state index is 12.6. The summed E-state index contributed by atoms with van der Waals surface area (Å²) in [4.78, 5) is 13.8. The summed E-state index contributed by atoms with van der Waals surface area (Å²) in [7, 11) is 0. The van der Waals surface area contributed by atoms with Crippen molar-refractivity contribution in [3.05, 3.63) is 70.6 Å². The summed E-state index contributed by atoms with van der Waals surface area (Å²) < 4.78 is 11.1. The molecular formula is C24H24N2O3S2. The van der Waals surface area contributed by atoms with Crippen LogP contribution < -0.4 is 15.4 Å². The number of fused-ring (bicyclic) bond motifs is 1. The minimum Gasteiger partial charge on any atom is -0.462 e. The minimum absolute atomic E-state index is 0.283. The third kappa shape index (κ3) is 5.24. The van der Waals surface area contributed by atoms with E-state index in [0.717, 1.165) is 53.4 Å². The van der Waals surface area contributed by atoms with E-state index in [-0.39, 0.29) is 5.97 Å². The summed E-state index contributed by atoms with van der Waals surface area (Å²) in [5.41, 5.74) is 2.58. The second-order valence-corrected chi connectivity index (χ2v) is 8.67. The molecule has 1 aromatic heterocycles. The van der Waals surface area contributed by atoms with Crippen LogP contribution in [0.3, 0.4) is 0 Å². The van der Waals surface area contributed by atoms with Gasteiger partial charge >= 0.3 is 5.97 Å². The first-order valence-electron chi connectivity index (χ1n) is 10.4. The molecule has 2 aromatic carbocycles. The van der Waals surface area contributed by atoms with E-state index in [9.17, 15) is 4.79 Å². The molecule has 0 unspecified atom stereocenters. The van der Waals surface area contributed by atoms with E-state index in [1.165, 1.54) is 4.88 Å². The highest BCUT2D eigenvalue weighted by molar-refractivity contribution is 7.80. The molecule has 0 aliphatic heterocycles. The van der Waals surface area contributed by atoms with Gasteiger partial charge in [-0.15, -0.1) is 11.3 Å². The van der Waals surface area contributed by atoms with Crippen molar-refractivity contribution in [1.29, 1.82) is 0 Å². The maximum Gasteiger partial charge on any atom is 0.341 e. The third-order valence-electron chi connectivity index (χ3n) is 4.97. The van der Waals surface area contributed by atoms with Crippen molar-refractivity contribution >= 4 is 45.3 Å². The average Bonchev–Trinajstić information content (AvgIpc) is 3.13. The number of nitrogens with one attached hydrogen (secondary N) is 2. The monoisotopic (exact) mass is 452 g/mol. The minimum atomic E-state index is -0.283. The molecule has 7 heteroatoms. The van der Waals surface area contributed by atoms with Gasteiger partial charge in [0, 0.05) is 10.6 Å². The molecule has 1 heterocycles. The lowest BCUT2D eigenvalue weighted by Crippen LogP contribution is -2.20. The van der Waals surface area contributed by atoms with Gasteiger partial charge in [-0.2, -0.15) is 0 Å². The van der Waals surface area contributed by atoms with Gasteiger partial charge in [-0.3, -0.25) is 0 Å². The van der Waals surface area contributed by atoms with E-state index in [1.54, 1.807) is 11.3 Å². The number of aryl methyl sites for hydroxylation is 1. The van der Waals surface area contributed by atoms with Crippen molar-refractivity contribution in [1.82, 2.24) is 0 Å². The number of ether oxygens (including phenoxy) is 2. The van der Waals surface area contributed by atoms with Crippen molar-refractivity contribution in [3.63, 3.8) is 0 Å². The Hall–Kier alpha value is -2.90. The van der Waals surface area contributed by atoms with Crippen LogP contribution in [0.5, 0.6) is 11.5 Å². The lowest BCUT2D eigenvalue weighted by atomic mass is 9.95. The zero-order valence-corrected chi connectivity index (χ0v) is 18.9. The molecule has 0 amide bonds. The molecule has 31 heavy (non-hydrogen) atoms. The van der Waals surface area contributed by atoms with E-state index in [0.29, 0.717) is 17.3 Å². The molecule has 3 aromatic rings. The quantitative estimate of drug-likeness (QED) is 0.333. The highest BCUT2D eigenvalue weighted by Gasteiger charge is 2.26. The number of rotatable bonds is 6. The molecule has 1 aliphatic carbocycles. The van der Waals surface area contributed by atoms with E-state index >= 15 is 0 Å². The van der Waals surface area contributed by atoms with Gasteiger partial charge in [0.2, 0.25) is 0 Å². The Morgan fingerprint density at radius 2 is 1.71 bits per heavy atom.